The van der Waals surface area contributed by atoms with E-state index in [0.29, 0.717) is 52.8 Å². The second kappa shape index (κ2) is 7.03. The Kier molecular flexibility index (Phi) is 4.44. The van der Waals surface area contributed by atoms with Crippen LogP contribution in [0, 0.1) is 0 Å². The maximum Gasteiger partial charge on any atom is 0.261 e. The van der Waals surface area contributed by atoms with Crippen molar-refractivity contribution in [3.05, 3.63) is 70.4 Å². The summed E-state index contributed by atoms with van der Waals surface area (Å²) in [5.41, 5.74) is 1.33. The zero-order valence-electron chi connectivity index (χ0n) is 16.4. The van der Waals surface area contributed by atoms with Gasteiger partial charge in [0.15, 0.2) is 5.58 Å². The van der Waals surface area contributed by atoms with Crippen LogP contribution < -0.4 is 5.56 Å². The summed E-state index contributed by atoms with van der Waals surface area (Å²) in [7, 11) is -2.05. The van der Waals surface area contributed by atoms with Crippen molar-refractivity contribution >= 4 is 31.9 Å². The number of hydrogen-bond donors (Lipinski definition) is 0. The third-order valence-corrected chi connectivity index (χ3v) is 7.44. The van der Waals surface area contributed by atoms with E-state index in [0.717, 1.165) is 0 Å². The fourth-order valence-corrected chi connectivity index (χ4v) is 5.88. The van der Waals surface area contributed by atoms with Crippen LogP contribution in [0.5, 0.6) is 0 Å². The summed E-state index contributed by atoms with van der Waals surface area (Å²) in [5, 5.41) is 5.18. The molecular weight excluding hydrogens is 404 g/mol. The van der Waals surface area contributed by atoms with Crippen LogP contribution in [0.25, 0.3) is 21.9 Å². The maximum absolute atomic E-state index is 13.3. The van der Waals surface area contributed by atoms with Gasteiger partial charge in [0.25, 0.3) is 5.56 Å². The van der Waals surface area contributed by atoms with Gasteiger partial charge >= 0.3 is 0 Å². The highest BCUT2D eigenvalue weighted by Crippen LogP contribution is 2.35. The number of sulfonamides is 1. The number of aromatic nitrogens is 3. The zero-order chi connectivity index (χ0) is 20.9. The van der Waals surface area contributed by atoms with Crippen LogP contribution in [0.15, 0.2) is 57.8 Å². The van der Waals surface area contributed by atoms with Crippen LogP contribution in [0.2, 0.25) is 0 Å². The van der Waals surface area contributed by atoms with Gasteiger partial charge in [-0.15, -0.1) is 0 Å². The minimum atomic E-state index is -3.70. The predicted octanol–water partition coefficient (Wildman–Crippen LogP) is 2.74. The van der Waals surface area contributed by atoms with Gasteiger partial charge < -0.3 is 4.52 Å². The molecule has 0 amide bonds. The average molecular weight is 424 g/mol. The molecule has 8 nitrogen and oxygen atoms in total. The number of benzene rings is 2. The summed E-state index contributed by atoms with van der Waals surface area (Å²) in [5.74, 6) is 0.201. The average Bonchev–Trinajstić information content (AvgIpc) is 3.39. The molecule has 3 heterocycles. The number of hydrogen-bond acceptors (Lipinski definition) is 6. The van der Waals surface area contributed by atoms with Gasteiger partial charge in [0.05, 0.1) is 16.9 Å². The first kappa shape index (κ1) is 19.0. The molecule has 2 aromatic carbocycles. The molecule has 2 aromatic heterocycles. The van der Waals surface area contributed by atoms with Crippen molar-refractivity contribution in [3.8, 4) is 0 Å². The van der Waals surface area contributed by atoms with Gasteiger partial charge in [-0.3, -0.25) is 9.36 Å². The highest BCUT2D eigenvalue weighted by Gasteiger charge is 2.38. The summed E-state index contributed by atoms with van der Waals surface area (Å²) in [6, 6.07) is 13.8. The summed E-state index contributed by atoms with van der Waals surface area (Å²) >= 11 is 0. The van der Waals surface area contributed by atoms with Crippen molar-refractivity contribution < 1.29 is 12.9 Å². The van der Waals surface area contributed by atoms with E-state index in [4.69, 9.17) is 4.52 Å². The summed E-state index contributed by atoms with van der Waals surface area (Å²) in [4.78, 5) is 17.4. The van der Waals surface area contributed by atoms with Gasteiger partial charge in [0, 0.05) is 19.0 Å². The maximum atomic E-state index is 13.3. The summed E-state index contributed by atoms with van der Waals surface area (Å²) in [6.45, 7) is 0.380. The van der Waals surface area contributed by atoms with Crippen LogP contribution in [-0.2, 0) is 22.8 Å². The Hall–Kier alpha value is -3.04. The number of para-hydroxylation sites is 2. The zero-order valence-corrected chi connectivity index (χ0v) is 17.2. The van der Waals surface area contributed by atoms with E-state index >= 15 is 0 Å². The Labute approximate surface area is 172 Å². The Morgan fingerprint density at radius 2 is 1.83 bits per heavy atom. The summed E-state index contributed by atoms with van der Waals surface area (Å²) < 4.78 is 34.8. The third-order valence-electron chi connectivity index (χ3n) is 5.65. The number of nitrogens with zero attached hydrogens (tertiary/aromatic N) is 4. The van der Waals surface area contributed by atoms with Crippen molar-refractivity contribution in [2.75, 3.05) is 6.54 Å². The minimum Gasteiger partial charge on any atom is -0.356 e. The molecule has 5 rings (SSSR count). The molecule has 0 radical (unpaired) electrons. The molecule has 1 atom stereocenters. The molecule has 1 unspecified atom stereocenters. The number of rotatable bonds is 4. The molecule has 1 fully saturated rings. The van der Waals surface area contributed by atoms with Gasteiger partial charge in [-0.25, -0.2) is 13.4 Å². The number of fused-ring (bicyclic) bond motifs is 2. The van der Waals surface area contributed by atoms with Gasteiger partial charge in [-0.05, 0) is 37.1 Å². The predicted molar refractivity (Wildman–Crippen MR) is 112 cm³/mol. The van der Waals surface area contributed by atoms with Crippen molar-refractivity contribution in [2.45, 2.75) is 24.6 Å². The highest BCUT2D eigenvalue weighted by molar-refractivity contribution is 7.88. The van der Waals surface area contributed by atoms with E-state index < -0.39 is 16.1 Å². The molecule has 30 heavy (non-hydrogen) atoms. The van der Waals surface area contributed by atoms with Crippen LogP contribution in [0.4, 0.5) is 0 Å². The molecule has 0 N–H and O–H groups in total. The first-order valence-corrected chi connectivity index (χ1v) is 11.3. The van der Waals surface area contributed by atoms with Gasteiger partial charge in [-0.1, -0.05) is 29.4 Å². The van der Waals surface area contributed by atoms with Gasteiger partial charge in [0.1, 0.15) is 17.3 Å². The molecule has 1 saturated heterocycles. The van der Waals surface area contributed by atoms with Crippen LogP contribution in [0.1, 0.15) is 30.4 Å². The molecule has 0 spiro atoms. The summed E-state index contributed by atoms with van der Waals surface area (Å²) in [6.07, 6.45) is 1.31. The van der Waals surface area contributed by atoms with Crippen LogP contribution >= 0.6 is 0 Å². The van der Waals surface area contributed by atoms with Crippen LogP contribution in [0.3, 0.4) is 0 Å². The van der Waals surface area contributed by atoms with E-state index in [-0.39, 0.29) is 11.3 Å². The molecule has 9 heteroatoms. The lowest BCUT2D eigenvalue weighted by atomic mass is 10.2. The Morgan fingerprint density at radius 3 is 2.67 bits per heavy atom. The van der Waals surface area contributed by atoms with Crippen molar-refractivity contribution in [1.82, 2.24) is 19.0 Å². The topological polar surface area (TPSA) is 98.3 Å². The second-order valence-corrected chi connectivity index (χ2v) is 9.42. The first-order valence-electron chi connectivity index (χ1n) is 9.74. The lowest BCUT2D eigenvalue weighted by Crippen LogP contribution is -2.35. The Bertz CT molecular complexity index is 1420. The fourth-order valence-electron chi connectivity index (χ4n) is 4.16. The molecule has 154 valence electrons. The normalized spacial score (nSPS) is 17.8. The largest absolute Gasteiger partial charge is 0.356 e. The van der Waals surface area contributed by atoms with Gasteiger partial charge in [-0.2, -0.15) is 4.31 Å². The third kappa shape index (κ3) is 3.01. The van der Waals surface area contributed by atoms with E-state index in [2.05, 4.69) is 10.1 Å². The van der Waals surface area contributed by atoms with Gasteiger partial charge in [0.2, 0.25) is 10.0 Å². The molecule has 1 aliphatic rings. The fraction of sp³-hybridized carbons (Fsp3) is 0.286. The first-order chi connectivity index (χ1) is 14.5. The van der Waals surface area contributed by atoms with E-state index in [1.54, 1.807) is 37.4 Å². The molecule has 4 aromatic rings. The van der Waals surface area contributed by atoms with E-state index in [1.165, 1.54) is 8.87 Å². The highest BCUT2D eigenvalue weighted by atomic mass is 32.2. The SMILES string of the molecule is Cn1c(C2CCCN2S(=O)(=O)Cc2noc3ccccc23)nc2ccccc2c1=O. The van der Waals surface area contributed by atoms with E-state index in [9.17, 15) is 13.2 Å². The smallest absolute Gasteiger partial charge is 0.261 e. The molecule has 0 bridgehead atoms. The van der Waals surface area contributed by atoms with Crippen molar-refractivity contribution in [3.63, 3.8) is 0 Å². The van der Waals surface area contributed by atoms with Crippen molar-refractivity contribution in [1.29, 1.82) is 0 Å². The van der Waals surface area contributed by atoms with Crippen molar-refractivity contribution in [2.24, 2.45) is 7.05 Å². The minimum absolute atomic E-state index is 0.178. The monoisotopic (exact) mass is 424 g/mol. The molecule has 1 aliphatic heterocycles. The second-order valence-electron chi connectivity index (χ2n) is 7.50. The Balaban J connectivity index is 1.54. The lowest BCUT2D eigenvalue weighted by molar-refractivity contribution is 0.372. The molecule has 0 aliphatic carbocycles. The standard InChI is InChI=1S/C21H20N4O4S/c1-24-20(22-16-9-4-2-8-15(16)21(24)26)18-10-6-12-25(18)30(27,28)13-17-14-7-3-5-11-19(14)29-23-17/h2-5,7-9,11,18H,6,10,12-13H2,1H3. The molecule has 0 saturated carbocycles. The lowest BCUT2D eigenvalue weighted by Gasteiger charge is -2.25. The molecular formula is C21H20N4O4S. The Morgan fingerprint density at radius 1 is 1.10 bits per heavy atom. The quantitative estimate of drug-likeness (QED) is 0.500. The van der Waals surface area contributed by atoms with E-state index in [1.807, 2.05) is 18.2 Å². The van der Waals surface area contributed by atoms with Crippen LogP contribution in [-0.4, -0.2) is 34.0 Å².